The van der Waals surface area contributed by atoms with Crippen LogP contribution < -0.4 is 10.1 Å². The lowest BCUT2D eigenvalue weighted by Gasteiger charge is -2.27. The topological polar surface area (TPSA) is 43.4 Å². The number of nitrogens with one attached hydrogen (secondary N) is 1. The van der Waals surface area contributed by atoms with Gasteiger partial charge in [-0.2, -0.15) is 0 Å². The molecule has 3 rings (SSSR count). The number of rotatable bonds is 4. The minimum absolute atomic E-state index is 0.179. The molecule has 1 aliphatic heterocycles. The smallest absolute Gasteiger partial charge is 0.145 e. The van der Waals surface area contributed by atoms with Crippen LogP contribution in [0, 0.1) is 0 Å². The van der Waals surface area contributed by atoms with E-state index in [9.17, 15) is 0 Å². The zero-order chi connectivity index (χ0) is 12.4. The van der Waals surface area contributed by atoms with Crippen LogP contribution in [-0.4, -0.2) is 31.3 Å². The van der Waals surface area contributed by atoms with Crippen molar-refractivity contribution in [3.05, 3.63) is 36.0 Å². The number of para-hydroxylation sites is 1. The van der Waals surface area contributed by atoms with Crippen molar-refractivity contribution in [2.45, 2.75) is 12.6 Å². The van der Waals surface area contributed by atoms with Crippen molar-refractivity contribution in [2.75, 3.05) is 20.3 Å². The summed E-state index contributed by atoms with van der Waals surface area (Å²) < 4.78 is 11.1. The van der Waals surface area contributed by atoms with Crippen molar-refractivity contribution in [1.82, 2.24) is 10.3 Å². The first-order chi connectivity index (χ1) is 8.86. The summed E-state index contributed by atoms with van der Waals surface area (Å²) in [5, 5.41) is 4.17. The fraction of sp³-hybridized carbons (Fsp3) is 0.357. The average molecular weight is 244 g/mol. The molecule has 0 atom stereocenters. The van der Waals surface area contributed by atoms with Crippen molar-refractivity contribution < 1.29 is 9.47 Å². The van der Waals surface area contributed by atoms with Gasteiger partial charge in [-0.15, -0.1) is 0 Å². The quantitative estimate of drug-likeness (QED) is 0.889. The first kappa shape index (κ1) is 11.4. The molecule has 4 heteroatoms. The molecule has 2 aromatic rings. The van der Waals surface area contributed by atoms with Gasteiger partial charge in [0.15, 0.2) is 0 Å². The van der Waals surface area contributed by atoms with Crippen LogP contribution in [0.4, 0.5) is 0 Å². The Balaban J connectivity index is 2.01. The molecule has 0 saturated carbocycles. The van der Waals surface area contributed by atoms with Crippen molar-refractivity contribution in [1.29, 1.82) is 0 Å². The molecule has 0 unspecified atom stereocenters. The molecule has 1 N–H and O–H groups in total. The lowest BCUT2D eigenvalue weighted by Crippen LogP contribution is -2.38. The molecule has 4 nitrogen and oxygen atoms in total. The molecule has 94 valence electrons. The molecule has 1 aliphatic rings. The van der Waals surface area contributed by atoms with Crippen LogP contribution in [0.15, 0.2) is 30.3 Å². The van der Waals surface area contributed by atoms with Crippen molar-refractivity contribution >= 4 is 10.9 Å². The zero-order valence-corrected chi connectivity index (χ0v) is 10.3. The third-order valence-corrected chi connectivity index (χ3v) is 2.99. The fourth-order valence-electron chi connectivity index (χ4n) is 2.03. The number of benzene rings is 1. The van der Waals surface area contributed by atoms with Crippen LogP contribution in [0.25, 0.3) is 10.9 Å². The van der Waals surface area contributed by atoms with E-state index in [-0.39, 0.29) is 6.10 Å². The Hall–Kier alpha value is -1.65. The minimum atomic E-state index is 0.179. The normalized spacial score (nSPS) is 15.6. The SMILES string of the molecule is CNCc1cc(OC2COC2)c2ccccc2n1. The number of aromatic nitrogens is 1. The maximum atomic E-state index is 5.96. The Labute approximate surface area is 106 Å². The maximum absolute atomic E-state index is 5.96. The van der Waals surface area contributed by atoms with Gasteiger partial charge in [0.25, 0.3) is 0 Å². The van der Waals surface area contributed by atoms with Gasteiger partial charge in [0.1, 0.15) is 11.9 Å². The Bertz CT molecular complexity index is 552. The lowest BCUT2D eigenvalue weighted by molar-refractivity contribution is -0.0791. The number of hydrogen-bond acceptors (Lipinski definition) is 4. The highest BCUT2D eigenvalue weighted by atomic mass is 16.6. The van der Waals surface area contributed by atoms with Crippen molar-refractivity contribution in [3.8, 4) is 5.75 Å². The molecule has 0 amide bonds. The van der Waals surface area contributed by atoms with Gasteiger partial charge in [-0.05, 0) is 19.2 Å². The number of hydrogen-bond donors (Lipinski definition) is 1. The number of pyridine rings is 1. The largest absolute Gasteiger partial charge is 0.485 e. The molecule has 1 saturated heterocycles. The summed E-state index contributed by atoms with van der Waals surface area (Å²) in [6, 6.07) is 10.1. The van der Waals surface area contributed by atoms with Gasteiger partial charge in [-0.25, -0.2) is 0 Å². The van der Waals surface area contributed by atoms with E-state index in [2.05, 4.69) is 10.3 Å². The van der Waals surface area contributed by atoms with E-state index in [0.717, 1.165) is 28.9 Å². The lowest BCUT2D eigenvalue weighted by atomic mass is 10.1. The number of nitrogens with zero attached hydrogens (tertiary/aromatic N) is 1. The predicted molar refractivity (Wildman–Crippen MR) is 69.7 cm³/mol. The first-order valence-electron chi connectivity index (χ1n) is 6.14. The minimum Gasteiger partial charge on any atom is -0.485 e. The number of fused-ring (bicyclic) bond motifs is 1. The predicted octanol–water partition coefficient (Wildman–Crippen LogP) is 1.73. The van der Waals surface area contributed by atoms with Crippen LogP contribution in [0.5, 0.6) is 5.75 Å². The van der Waals surface area contributed by atoms with Gasteiger partial charge in [-0.3, -0.25) is 4.98 Å². The van der Waals surface area contributed by atoms with E-state index in [0.29, 0.717) is 13.2 Å². The Kier molecular flexibility index (Phi) is 3.13. The molecule has 0 aliphatic carbocycles. The molecule has 18 heavy (non-hydrogen) atoms. The van der Waals surface area contributed by atoms with Crippen LogP contribution in [0.3, 0.4) is 0 Å². The second kappa shape index (κ2) is 4.92. The highest BCUT2D eigenvalue weighted by Crippen LogP contribution is 2.27. The maximum Gasteiger partial charge on any atom is 0.145 e. The average Bonchev–Trinajstić information content (AvgIpc) is 2.34. The highest BCUT2D eigenvalue weighted by molar-refractivity contribution is 5.85. The van der Waals surface area contributed by atoms with E-state index >= 15 is 0 Å². The summed E-state index contributed by atoms with van der Waals surface area (Å²) in [7, 11) is 1.91. The standard InChI is InChI=1S/C14H16N2O2/c1-15-7-10-6-14(18-11-8-17-9-11)12-4-2-3-5-13(12)16-10/h2-6,11,15H,7-9H2,1H3. The van der Waals surface area contributed by atoms with Crippen LogP contribution in [0.1, 0.15) is 5.69 Å². The molecular formula is C14H16N2O2. The second-order valence-corrected chi connectivity index (χ2v) is 4.44. The van der Waals surface area contributed by atoms with Crippen molar-refractivity contribution in [2.24, 2.45) is 0 Å². The van der Waals surface area contributed by atoms with E-state index in [1.807, 2.05) is 37.4 Å². The van der Waals surface area contributed by atoms with Crippen LogP contribution in [-0.2, 0) is 11.3 Å². The summed E-state index contributed by atoms with van der Waals surface area (Å²) in [4.78, 5) is 4.60. The fourth-order valence-corrected chi connectivity index (χ4v) is 2.03. The molecule has 1 aromatic carbocycles. The van der Waals surface area contributed by atoms with Gasteiger partial charge in [-0.1, -0.05) is 12.1 Å². The molecule has 0 spiro atoms. The Morgan fingerprint density at radius 2 is 2.22 bits per heavy atom. The third kappa shape index (κ3) is 2.17. The van der Waals surface area contributed by atoms with E-state index in [4.69, 9.17) is 9.47 Å². The summed E-state index contributed by atoms with van der Waals surface area (Å²) in [5.41, 5.74) is 1.96. The zero-order valence-electron chi connectivity index (χ0n) is 10.3. The van der Waals surface area contributed by atoms with E-state index < -0.39 is 0 Å². The third-order valence-electron chi connectivity index (χ3n) is 2.99. The molecule has 1 aromatic heterocycles. The summed E-state index contributed by atoms with van der Waals surface area (Å²) in [5.74, 6) is 0.902. The van der Waals surface area contributed by atoms with Gasteiger partial charge >= 0.3 is 0 Å². The molecule has 2 heterocycles. The van der Waals surface area contributed by atoms with Gasteiger partial charge < -0.3 is 14.8 Å². The van der Waals surface area contributed by atoms with Gasteiger partial charge in [0.05, 0.1) is 24.4 Å². The second-order valence-electron chi connectivity index (χ2n) is 4.44. The molecule has 1 fully saturated rings. The van der Waals surface area contributed by atoms with Gasteiger partial charge in [0.2, 0.25) is 0 Å². The molecular weight excluding hydrogens is 228 g/mol. The highest BCUT2D eigenvalue weighted by Gasteiger charge is 2.21. The van der Waals surface area contributed by atoms with Crippen molar-refractivity contribution in [3.63, 3.8) is 0 Å². The Morgan fingerprint density at radius 1 is 1.39 bits per heavy atom. The van der Waals surface area contributed by atoms with Gasteiger partial charge in [0, 0.05) is 18.0 Å². The molecule has 0 radical (unpaired) electrons. The summed E-state index contributed by atoms with van der Waals surface area (Å²) in [6.07, 6.45) is 0.179. The van der Waals surface area contributed by atoms with Crippen LogP contribution >= 0.6 is 0 Å². The number of ether oxygens (including phenoxy) is 2. The molecule has 0 bridgehead atoms. The summed E-state index contributed by atoms with van der Waals surface area (Å²) in [6.45, 7) is 2.10. The van der Waals surface area contributed by atoms with E-state index in [1.54, 1.807) is 0 Å². The van der Waals surface area contributed by atoms with E-state index in [1.165, 1.54) is 0 Å². The monoisotopic (exact) mass is 244 g/mol. The van der Waals surface area contributed by atoms with Crippen LogP contribution in [0.2, 0.25) is 0 Å². The summed E-state index contributed by atoms with van der Waals surface area (Å²) >= 11 is 0. The first-order valence-corrected chi connectivity index (χ1v) is 6.14. The Morgan fingerprint density at radius 3 is 2.94 bits per heavy atom.